The first-order valence-electron chi connectivity index (χ1n) is 6.04. The van der Waals surface area contributed by atoms with Crippen molar-refractivity contribution in [2.24, 2.45) is 5.92 Å². The van der Waals surface area contributed by atoms with Crippen LogP contribution >= 0.6 is 0 Å². The summed E-state index contributed by atoms with van der Waals surface area (Å²) in [4.78, 5) is 68.1. The maximum absolute atomic E-state index is 11.5. The standard InChI is InChI=1S/C11H7BO9/c1-2-3(13)4(14)6(16)9(2)19-12-20-10-7(17)5(15)8(18)11(10)21-12/h2,9-11H,1H3. The molecule has 10 heteroatoms. The van der Waals surface area contributed by atoms with Gasteiger partial charge in [-0.25, -0.2) is 0 Å². The van der Waals surface area contributed by atoms with Crippen LogP contribution in [0.4, 0.5) is 0 Å². The Morgan fingerprint density at radius 2 is 1.29 bits per heavy atom. The molecule has 0 aromatic rings. The van der Waals surface area contributed by atoms with Crippen LogP contribution in [0.5, 0.6) is 0 Å². The SMILES string of the molecule is CC1C(=O)C(=O)C(=O)C1OB1OC2C(=O)C(=O)C(=O)C2O1. The molecule has 21 heavy (non-hydrogen) atoms. The lowest BCUT2D eigenvalue weighted by molar-refractivity contribution is -0.143. The molecule has 1 aliphatic heterocycles. The molecule has 0 spiro atoms. The van der Waals surface area contributed by atoms with Gasteiger partial charge in [0.1, 0.15) is 18.3 Å². The third-order valence-electron chi connectivity index (χ3n) is 3.59. The number of rotatable bonds is 2. The Morgan fingerprint density at radius 1 is 0.810 bits per heavy atom. The zero-order chi connectivity index (χ0) is 15.5. The molecule has 0 N–H and O–H groups in total. The molecule has 3 aliphatic rings. The normalized spacial score (nSPS) is 36.1. The van der Waals surface area contributed by atoms with Gasteiger partial charge in [0.25, 0.3) is 11.6 Å². The summed E-state index contributed by atoms with van der Waals surface area (Å²) < 4.78 is 15.0. The predicted molar refractivity (Wildman–Crippen MR) is 59.6 cm³/mol. The van der Waals surface area contributed by atoms with Crippen LogP contribution in [0.3, 0.4) is 0 Å². The van der Waals surface area contributed by atoms with Crippen LogP contribution in [0.1, 0.15) is 6.92 Å². The Labute approximate surface area is 117 Å². The summed E-state index contributed by atoms with van der Waals surface area (Å²) in [7, 11) is -1.57. The Hall–Kier alpha value is -2.04. The van der Waals surface area contributed by atoms with Crippen molar-refractivity contribution >= 4 is 42.0 Å². The van der Waals surface area contributed by atoms with E-state index in [1.165, 1.54) is 6.92 Å². The van der Waals surface area contributed by atoms with Gasteiger partial charge in [-0.3, -0.25) is 28.8 Å². The van der Waals surface area contributed by atoms with Crippen LogP contribution in [0.25, 0.3) is 0 Å². The van der Waals surface area contributed by atoms with Gasteiger partial charge in [0.15, 0.2) is 0 Å². The molecule has 9 nitrogen and oxygen atoms in total. The van der Waals surface area contributed by atoms with Crippen molar-refractivity contribution in [3.8, 4) is 0 Å². The van der Waals surface area contributed by atoms with E-state index in [1.807, 2.05) is 0 Å². The maximum Gasteiger partial charge on any atom is 0.641 e. The van der Waals surface area contributed by atoms with Crippen molar-refractivity contribution in [3.63, 3.8) is 0 Å². The fourth-order valence-electron chi connectivity index (χ4n) is 2.38. The monoisotopic (exact) mass is 294 g/mol. The van der Waals surface area contributed by atoms with Gasteiger partial charge >= 0.3 is 7.32 Å². The topological polar surface area (TPSA) is 130 Å². The minimum Gasteiger partial charge on any atom is -0.374 e. The van der Waals surface area contributed by atoms with Gasteiger partial charge in [0.2, 0.25) is 23.1 Å². The fourth-order valence-corrected chi connectivity index (χ4v) is 2.38. The third kappa shape index (κ3) is 1.83. The van der Waals surface area contributed by atoms with Gasteiger partial charge in [0, 0.05) is 0 Å². The molecule has 1 saturated heterocycles. The zero-order valence-corrected chi connectivity index (χ0v) is 10.6. The minimum absolute atomic E-state index is 0.884. The second kappa shape index (κ2) is 4.48. The molecule has 0 radical (unpaired) electrons. The number of hydrogen-bond donors (Lipinski definition) is 0. The Bertz CT molecular complexity index is 597. The van der Waals surface area contributed by atoms with Crippen molar-refractivity contribution in [1.29, 1.82) is 0 Å². The van der Waals surface area contributed by atoms with E-state index in [0.29, 0.717) is 0 Å². The molecule has 4 atom stereocenters. The molecule has 0 aromatic carbocycles. The molecule has 3 rings (SSSR count). The van der Waals surface area contributed by atoms with E-state index >= 15 is 0 Å². The Morgan fingerprint density at radius 3 is 1.71 bits per heavy atom. The van der Waals surface area contributed by atoms with Crippen LogP contribution in [0.15, 0.2) is 0 Å². The van der Waals surface area contributed by atoms with Gasteiger partial charge in [-0.1, -0.05) is 6.92 Å². The van der Waals surface area contributed by atoms with E-state index in [2.05, 4.69) is 0 Å². The smallest absolute Gasteiger partial charge is 0.374 e. The second-order valence-corrected chi connectivity index (χ2v) is 4.86. The van der Waals surface area contributed by atoms with E-state index in [-0.39, 0.29) is 0 Å². The van der Waals surface area contributed by atoms with E-state index < -0.39 is 66.3 Å². The minimum atomic E-state index is -1.57. The summed E-state index contributed by atoms with van der Waals surface area (Å²) in [6.45, 7) is 1.32. The number of hydrogen-bond acceptors (Lipinski definition) is 9. The van der Waals surface area contributed by atoms with Crippen molar-refractivity contribution in [2.45, 2.75) is 25.2 Å². The molecule has 4 unspecified atom stereocenters. The lowest BCUT2D eigenvalue weighted by Gasteiger charge is -2.15. The second-order valence-electron chi connectivity index (χ2n) is 4.86. The molecular weight excluding hydrogens is 287 g/mol. The van der Waals surface area contributed by atoms with Gasteiger partial charge in [-0.15, -0.1) is 0 Å². The predicted octanol–water partition coefficient (Wildman–Crippen LogP) is -2.78. The van der Waals surface area contributed by atoms with Crippen LogP contribution in [-0.4, -0.2) is 60.3 Å². The third-order valence-corrected chi connectivity index (χ3v) is 3.59. The van der Waals surface area contributed by atoms with Crippen molar-refractivity contribution < 1.29 is 42.7 Å². The molecule has 2 saturated carbocycles. The van der Waals surface area contributed by atoms with Gasteiger partial charge in [-0.05, 0) is 0 Å². The number of ketones is 6. The first kappa shape index (κ1) is 13.9. The van der Waals surface area contributed by atoms with Crippen LogP contribution < -0.4 is 0 Å². The molecule has 3 fully saturated rings. The zero-order valence-electron chi connectivity index (χ0n) is 10.6. The molecular formula is C11H7BO9. The lowest BCUT2D eigenvalue weighted by atomic mass is 10.1. The summed E-state index contributed by atoms with van der Waals surface area (Å²) in [5, 5.41) is 0. The average molecular weight is 294 g/mol. The Balaban J connectivity index is 1.72. The van der Waals surface area contributed by atoms with Gasteiger partial charge in [-0.2, -0.15) is 0 Å². The van der Waals surface area contributed by atoms with Gasteiger partial charge in [0.05, 0.1) is 5.92 Å². The molecule has 2 aliphatic carbocycles. The van der Waals surface area contributed by atoms with E-state index in [9.17, 15) is 28.8 Å². The van der Waals surface area contributed by atoms with Crippen molar-refractivity contribution in [3.05, 3.63) is 0 Å². The number of Topliss-reactive ketones (excluding diaryl/α,β-unsaturated/α-hetero) is 6. The fraction of sp³-hybridized carbons (Fsp3) is 0.455. The maximum atomic E-state index is 11.5. The highest BCUT2D eigenvalue weighted by Crippen LogP contribution is 2.28. The summed E-state index contributed by atoms with van der Waals surface area (Å²) in [6.07, 6.45) is -4.21. The van der Waals surface area contributed by atoms with Gasteiger partial charge < -0.3 is 14.0 Å². The summed E-state index contributed by atoms with van der Waals surface area (Å²) in [6, 6.07) is 0. The molecule has 1 heterocycles. The molecule has 0 amide bonds. The highest BCUT2D eigenvalue weighted by Gasteiger charge is 2.60. The first-order valence-corrected chi connectivity index (χ1v) is 6.04. The summed E-state index contributed by atoms with van der Waals surface area (Å²) in [5.74, 6) is -7.41. The highest BCUT2D eigenvalue weighted by molar-refractivity contribution is 6.71. The molecule has 0 aromatic heterocycles. The van der Waals surface area contributed by atoms with Crippen LogP contribution in [0.2, 0.25) is 0 Å². The molecule has 108 valence electrons. The van der Waals surface area contributed by atoms with Crippen LogP contribution in [0, 0.1) is 5.92 Å². The van der Waals surface area contributed by atoms with Crippen molar-refractivity contribution in [2.75, 3.05) is 0 Å². The average Bonchev–Trinajstić information content (AvgIpc) is 3.02. The highest BCUT2D eigenvalue weighted by atomic mass is 16.8. The largest absolute Gasteiger partial charge is 0.641 e. The quantitative estimate of drug-likeness (QED) is 0.392. The summed E-state index contributed by atoms with van der Waals surface area (Å²) >= 11 is 0. The number of fused-ring (bicyclic) bond motifs is 1. The van der Waals surface area contributed by atoms with E-state index in [0.717, 1.165) is 0 Å². The molecule has 0 bridgehead atoms. The van der Waals surface area contributed by atoms with E-state index in [1.54, 1.807) is 0 Å². The van der Waals surface area contributed by atoms with Crippen LogP contribution in [-0.2, 0) is 42.7 Å². The lowest BCUT2D eigenvalue weighted by Crippen LogP contribution is -2.37. The number of carbonyl (C=O) groups is 6. The van der Waals surface area contributed by atoms with Crippen molar-refractivity contribution in [1.82, 2.24) is 0 Å². The first-order chi connectivity index (χ1) is 9.82. The number of carbonyl (C=O) groups excluding carboxylic acids is 6. The van der Waals surface area contributed by atoms with E-state index in [4.69, 9.17) is 14.0 Å². The Kier molecular flexibility index (Phi) is 2.97. The summed E-state index contributed by atoms with van der Waals surface area (Å²) in [5.41, 5.74) is 0.